The van der Waals surface area contributed by atoms with E-state index in [-0.39, 0.29) is 0 Å². The van der Waals surface area contributed by atoms with Gasteiger partial charge in [0.25, 0.3) is 0 Å². The van der Waals surface area contributed by atoms with Gasteiger partial charge in [0.15, 0.2) is 0 Å². The van der Waals surface area contributed by atoms with Crippen LogP contribution in [0.4, 0.5) is 5.69 Å². The fraction of sp³-hybridized carbons (Fsp3) is 0.400. The Bertz CT molecular complexity index is 357. The van der Waals surface area contributed by atoms with E-state index in [2.05, 4.69) is 0 Å². The van der Waals surface area contributed by atoms with Gasteiger partial charge in [-0.3, -0.25) is 4.21 Å². The van der Waals surface area contributed by atoms with Gasteiger partial charge in [0, 0.05) is 34.4 Å². The lowest BCUT2D eigenvalue weighted by Gasteiger charge is -2.06. The summed E-state index contributed by atoms with van der Waals surface area (Å²) in [6, 6.07) is 5.20. The Morgan fingerprint density at radius 3 is 2.93 bits per heavy atom. The first-order chi connectivity index (χ1) is 7.13. The van der Waals surface area contributed by atoms with Gasteiger partial charge in [-0.1, -0.05) is 11.6 Å². The average Bonchev–Trinajstić information content (AvgIpc) is 2.20. The number of nitrogen functional groups attached to an aromatic ring is 1. The number of benzene rings is 1. The highest BCUT2D eigenvalue weighted by Crippen LogP contribution is 2.19. The number of anilines is 1. The fourth-order valence-corrected chi connectivity index (χ4v) is 2.41. The molecule has 0 radical (unpaired) electrons. The number of ether oxygens (including phenoxy) is 1. The van der Waals surface area contributed by atoms with Crippen LogP contribution in [0.1, 0.15) is 5.56 Å². The van der Waals surface area contributed by atoms with Gasteiger partial charge in [0.1, 0.15) is 0 Å². The fourth-order valence-electron chi connectivity index (χ4n) is 1.12. The highest BCUT2D eigenvalue weighted by Gasteiger charge is 2.05. The van der Waals surface area contributed by atoms with Crippen molar-refractivity contribution in [3.05, 3.63) is 28.8 Å². The number of nitrogens with two attached hydrogens (primary N) is 1. The summed E-state index contributed by atoms with van der Waals surface area (Å²) in [7, 11) is 0.635. The summed E-state index contributed by atoms with van der Waals surface area (Å²) in [4.78, 5) is 0. The zero-order valence-corrected chi connectivity index (χ0v) is 10.1. The van der Waals surface area contributed by atoms with Crippen LogP contribution >= 0.6 is 11.6 Å². The van der Waals surface area contributed by atoms with Gasteiger partial charge >= 0.3 is 0 Å². The third-order valence-corrected chi connectivity index (χ3v) is 3.43. The van der Waals surface area contributed by atoms with Crippen molar-refractivity contribution in [1.82, 2.24) is 0 Å². The number of rotatable bonds is 5. The smallest absolute Gasteiger partial charge is 0.0577 e. The van der Waals surface area contributed by atoms with Gasteiger partial charge in [0.2, 0.25) is 0 Å². The molecule has 0 saturated heterocycles. The molecule has 0 aromatic heterocycles. The maximum Gasteiger partial charge on any atom is 0.0577 e. The van der Waals surface area contributed by atoms with Gasteiger partial charge in [-0.05, 0) is 23.8 Å². The lowest BCUT2D eigenvalue weighted by Crippen LogP contribution is -2.07. The predicted octanol–water partition coefficient (Wildman–Crippen LogP) is 1.82. The van der Waals surface area contributed by atoms with Gasteiger partial charge in [0.05, 0.1) is 12.4 Å². The highest BCUT2D eigenvalue weighted by molar-refractivity contribution is 7.84. The molecule has 1 aromatic rings. The third kappa shape index (κ3) is 4.20. The van der Waals surface area contributed by atoms with Gasteiger partial charge in [-0.15, -0.1) is 0 Å². The molecule has 0 spiro atoms. The van der Waals surface area contributed by atoms with Crippen molar-refractivity contribution >= 4 is 28.1 Å². The molecule has 84 valence electrons. The molecular weight excluding hydrogens is 234 g/mol. The normalized spacial score (nSPS) is 12.7. The van der Waals surface area contributed by atoms with Crippen molar-refractivity contribution in [2.45, 2.75) is 5.75 Å². The van der Waals surface area contributed by atoms with Crippen LogP contribution < -0.4 is 5.73 Å². The molecule has 0 aliphatic rings. The lowest BCUT2D eigenvalue weighted by atomic mass is 10.2. The van der Waals surface area contributed by atoms with Gasteiger partial charge in [-0.2, -0.15) is 0 Å². The van der Waals surface area contributed by atoms with E-state index in [4.69, 9.17) is 22.1 Å². The first-order valence-electron chi connectivity index (χ1n) is 4.51. The van der Waals surface area contributed by atoms with E-state index in [0.717, 1.165) is 5.56 Å². The Hall–Kier alpha value is -0.580. The number of hydrogen-bond donors (Lipinski definition) is 1. The molecular formula is C10H14ClNO2S. The highest BCUT2D eigenvalue weighted by atomic mass is 35.5. The Kier molecular flexibility index (Phi) is 5.08. The molecule has 0 aliphatic heterocycles. The van der Waals surface area contributed by atoms with Crippen molar-refractivity contribution in [3.8, 4) is 0 Å². The molecule has 0 aliphatic carbocycles. The third-order valence-electron chi connectivity index (χ3n) is 1.94. The number of methoxy groups -OCH3 is 1. The van der Waals surface area contributed by atoms with Crippen molar-refractivity contribution in [1.29, 1.82) is 0 Å². The summed E-state index contributed by atoms with van der Waals surface area (Å²) >= 11 is 5.83. The monoisotopic (exact) mass is 247 g/mol. The molecule has 1 rings (SSSR count). The number of hydrogen-bond acceptors (Lipinski definition) is 3. The van der Waals surface area contributed by atoms with E-state index in [0.29, 0.717) is 28.8 Å². The first kappa shape index (κ1) is 12.5. The molecule has 0 fully saturated rings. The minimum Gasteiger partial charge on any atom is -0.398 e. The van der Waals surface area contributed by atoms with E-state index in [1.54, 1.807) is 25.3 Å². The molecule has 1 aromatic carbocycles. The molecule has 2 N–H and O–H groups in total. The summed E-state index contributed by atoms with van der Waals surface area (Å²) in [6.45, 7) is 0.493. The molecule has 1 unspecified atom stereocenters. The summed E-state index contributed by atoms with van der Waals surface area (Å²) in [5.41, 5.74) is 7.20. The molecule has 5 heteroatoms. The summed E-state index contributed by atoms with van der Waals surface area (Å²) in [5, 5.41) is 0.614. The van der Waals surface area contributed by atoms with E-state index in [1.165, 1.54) is 0 Å². The molecule has 0 saturated carbocycles. The molecule has 1 atom stereocenters. The Morgan fingerprint density at radius 1 is 1.53 bits per heavy atom. The second-order valence-corrected chi connectivity index (χ2v) is 5.14. The Labute approximate surface area is 97.0 Å². The van der Waals surface area contributed by atoms with Gasteiger partial charge < -0.3 is 10.5 Å². The topological polar surface area (TPSA) is 52.3 Å². The van der Waals surface area contributed by atoms with Crippen LogP contribution in [0.2, 0.25) is 5.02 Å². The van der Waals surface area contributed by atoms with Crippen molar-refractivity contribution < 1.29 is 8.95 Å². The van der Waals surface area contributed by atoms with Crippen LogP contribution in [-0.2, 0) is 21.3 Å². The van der Waals surface area contributed by atoms with Crippen LogP contribution in [0.5, 0.6) is 0 Å². The Morgan fingerprint density at radius 2 is 2.27 bits per heavy atom. The summed E-state index contributed by atoms with van der Waals surface area (Å²) in [6.07, 6.45) is 0. The first-order valence-corrected chi connectivity index (χ1v) is 6.38. The Balaban J connectivity index is 2.63. The van der Waals surface area contributed by atoms with Crippen LogP contribution in [0.25, 0.3) is 0 Å². The molecule has 0 amide bonds. The van der Waals surface area contributed by atoms with Crippen molar-refractivity contribution in [2.24, 2.45) is 0 Å². The molecule has 3 nitrogen and oxygen atoms in total. The molecule has 15 heavy (non-hydrogen) atoms. The van der Waals surface area contributed by atoms with E-state index in [1.807, 2.05) is 0 Å². The van der Waals surface area contributed by atoms with Gasteiger partial charge in [-0.25, -0.2) is 0 Å². The molecule has 0 heterocycles. The SMILES string of the molecule is COCCS(=O)Cc1cc(Cl)ccc1N. The maximum absolute atomic E-state index is 11.6. The minimum atomic E-state index is -0.953. The van der Waals surface area contributed by atoms with Crippen molar-refractivity contribution in [2.75, 3.05) is 25.2 Å². The van der Waals surface area contributed by atoms with Crippen LogP contribution in [-0.4, -0.2) is 23.7 Å². The van der Waals surface area contributed by atoms with E-state index in [9.17, 15) is 4.21 Å². The second-order valence-electron chi connectivity index (χ2n) is 3.12. The largest absolute Gasteiger partial charge is 0.398 e. The van der Waals surface area contributed by atoms with E-state index < -0.39 is 10.8 Å². The summed E-state index contributed by atoms with van der Waals surface area (Å²) in [5.74, 6) is 0.943. The van der Waals surface area contributed by atoms with Crippen molar-refractivity contribution in [3.63, 3.8) is 0 Å². The minimum absolute atomic E-state index is 0.426. The molecule has 0 bridgehead atoms. The number of halogens is 1. The predicted molar refractivity (Wildman–Crippen MR) is 64.5 cm³/mol. The van der Waals surface area contributed by atoms with Crippen LogP contribution in [0.3, 0.4) is 0 Å². The summed E-state index contributed by atoms with van der Waals surface area (Å²) < 4.78 is 16.4. The quantitative estimate of drug-likeness (QED) is 0.808. The standard InChI is InChI=1S/C10H14ClNO2S/c1-14-4-5-15(13)7-8-6-9(11)2-3-10(8)12/h2-3,6H,4-5,7,12H2,1H3. The van der Waals surface area contributed by atoms with Crippen LogP contribution in [0, 0.1) is 0 Å². The average molecular weight is 248 g/mol. The second kappa shape index (κ2) is 6.10. The van der Waals surface area contributed by atoms with E-state index >= 15 is 0 Å². The zero-order valence-electron chi connectivity index (χ0n) is 8.53. The van der Waals surface area contributed by atoms with Crippen LogP contribution in [0.15, 0.2) is 18.2 Å². The lowest BCUT2D eigenvalue weighted by molar-refractivity contribution is 0.218. The maximum atomic E-state index is 11.6. The zero-order chi connectivity index (χ0) is 11.3.